The van der Waals surface area contributed by atoms with Gasteiger partial charge in [0.25, 0.3) is 0 Å². The monoisotopic (exact) mass is 391 g/mol. The highest BCUT2D eigenvalue weighted by atomic mass is 16.2. The zero-order valence-corrected chi connectivity index (χ0v) is 16.5. The number of nitrogens with one attached hydrogen (secondary N) is 2. The number of imidazole rings is 1. The van der Waals surface area contributed by atoms with E-state index in [1.807, 2.05) is 48.0 Å². The van der Waals surface area contributed by atoms with Crippen LogP contribution < -0.4 is 15.5 Å². The third-order valence-corrected chi connectivity index (χ3v) is 5.79. The topological polar surface area (TPSA) is 88.0 Å². The SMILES string of the molecule is Cn1c(Nc2ccc(N3CCC(C(=O)NC4CC4)CC3)nn2)nc2ccccc21. The van der Waals surface area contributed by atoms with Crippen LogP contribution in [-0.2, 0) is 11.8 Å². The second-order valence-electron chi connectivity index (χ2n) is 7.93. The summed E-state index contributed by atoms with van der Waals surface area (Å²) in [5.74, 6) is 2.58. The summed E-state index contributed by atoms with van der Waals surface area (Å²) in [6.07, 6.45) is 3.99. The molecule has 0 atom stereocenters. The van der Waals surface area contributed by atoms with Crippen LogP contribution in [0, 0.1) is 5.92 Å². The van der Waals surface area contributed by atoms with Crippen molar-refractivity contribution in [3.05, 3.63) is 36.4 Å². The summed E-state index contributed by atoms with van der Waals surface area (Å²) in [5.41, 5.74) is 2.00. The number of aryl methyl sites for hydroxylation is 1. The van der Waals surface area contributed by atoms with Crippen LogP contribution in [0.4, 0.5) is 17.6 Å². The predicted octanol–water partition coefficient (Wildman–Crippen LogP) is 2.60. The normalized spacial score (nSPS) is 17.5. The Kier molecular flexibility index (Phi) is 4.54. The number of piperidine rings is 1. The van der Waals surface area contributed by atoms with Gasteiger partial charge in [-0.3, -0.25) is 4.79 Å². The summed E-state index contributed by atoms with van der Waals surface area (Å²) in [4.78, 5) is 19.0. The van der Waals surface area contributed by atoms with E-state index in [9.17, 15) is 4.79 Å². The van der Waals surface area contributed by atoms with Gasteiger partial charge < -0.3 is 20.1 Å². The molecule has 3 aromatic rings. The van der Waals surface area contributed by atoms with Gasteiger partial charge in [-0.25, -0.2) is 4.98 Å². The van der Waals surface area contributed by atoms with E-state index < -0.39 is 0 Å². The van der Waals surface area contributed by atoms with Crippen molar-refractivity contribution in [2.45, 2.75) is 31.7 Å². The van der Waals surface area contributed by atoms with Crippen LogP contribution in [0.5, 0.6) is 0 Å². The molecule has 0 unspecified atom stereocenters. The predicted molar refractivity (Wildman–Crippen MR) is 112 cm³/mol. The standard InChI is InChI=1S/C21H25N7O/c1-27-17-5-3-2-4-16(17)23-21(27)24-18-8-9-19(26-25-18)28-12-10-14(11-13-28)20(29)22-15-6-7-15/h2-5,8-9,14-15H,6-7,10-13H2,1H3,(H,22,29)(H,23,24,25). The van der Waals surface area contributed by atoms with Gasteiger partial charge in [0.1, 0.15) is 0 Å². The van der Waals surface area contributed by atoms with Crippen molar-refractivity contribution in [2.24, 2.45) is 13.0 Å². The van der Waals surface area contributed by atoms with E-state index >= 15 is 0 Å². The first-order valence-corrected chi connectivity index (χ1v) is 10.2. The van der Waals surface area contributed by atoms with Crippen molar-refractivity contribution in [3.63, 3.8) is 0 Å². The number of para-hydroxylation sites is 2. The van der Waals surface area contributed by atoms with Crippen molar-refractivity contribution in [1.82, 2.24) is 25.1 Å². The number of amides is 1. The quantitative estimate of drug-likeness (QED) is 0.695. The van der Waals surface area contributed by atoms with Gasteiger partial charge in [-0.15, -0.1) is 10.2 Å². The number of carbonyl (C=O) groups excluding carboxylic acids is 1. The fourth-order valence-electron chi connectivity index (χ4n) is 3.85. The van der Waals surface area contributed by atoms with Crippen LogP contribution in [-0.4, -0.2) is 44.8 Å². The highest BCUT2D eigenvalue weighted by molar-refractivity contribution is 5.80. The highest BCUT2D eigenvalue weighted by Gasteiger charge is 2.30. The van der Waals surface area contributed by atoms with Crippen LogP contribution in [0.1, 0.15) is 25.7 Å². The van der Waals surface area contributed by atoms with Crippen LogP contribution in [0.15, 0.2) is 36.4 Å². The molecular weight excluding hydrogens is 366 g/mol. The average Bonchev–Trinajstić information content (AvgIpc) is 3.52. The summed E-state index contributed by atoms with van der Waals surface area (Å²) in [5, 5.41) is 15.1. The molecule has 2 fully saturated rings. The second-order valence-corrected chi connectivity index (χ2v) is 7.93. The number of fused-ring (bicyclic) bond motifs is 1. The zero-order valence-electron chi connectivity index (χ0n) is 16.5. The van der Waals surface area contributed by atoms with Crippen molar-refractivity contribution in [2.75, 3.05) is 23.3 Å². The smallest absolute Gasteiger partial charge is 0.223 e. The molecule has 1 aromatic carbocycles. The first-order valence-electron chi connectivity index (χ1n) is 10.2. The van der Waals surface area contributed by atoms with Crippen LogP contribution >= 0.6 is 0 Å². The van der Waals surface area contributed by atoms with Gasteiger partial charge in [-0.1, -0.05) is 12.1 Å². The van der Waals surface area contributed by atoms with E-state index in [1.165, 1.54) is 0 Å². The summed E-state index contributed by atoms with van der Waals surface area (Å²) in [6, 6.07) is 12.3. The first kappa shape index (κ1) is 17.9. The van der Waals surface area contributed by atoms with E-state index in [0.29, 0.717) is 11.9 Å². The summed E-state index contributed by atoms with van der Waals surface area (Å²) in [6.45, 7) is 1.66. The minimum Gasteiger partial charge on any atom is -0.355 e. The fourth-order valence-corrected chi connectivity index (χ4v) is 3.85. The molecule has 1 saturated heterocycles. The fraction of sp³-hybridized carbons (Fsp3) is 0.429. The Morgan fingerprint density at radius 1 is 1.03 bits per heavy atom. The largest absolute Gasteiger partial charge is 0.355 e. The van der Waals surface area contributed by atoms with Gasteiger partial charge in [0.05, 0.1) is 11.0 Å². The molecule has 2 aliphatic rings. The Morgan fingerprint density at radius 2 is 1.83 bits per heavy atom. The van der Waals surface area contributed by atoms with Gasteiger partial charge in [0, 0.05) is 32.1 Å². The first-order chi connectivity index (χ1) is 14.2. The summed E-state index contributed by atoms with van der Waals surface area (Å²) < 4.78 is 2.00. The molecule has 0 bridgehead atoms. The molecule has 2 N–H and O–H groups in total. The maximum Gasteiger partial charge on any atom is 0.223 e. The number of carbonyl (C=O) groups is 1. The number of benzene rings is 1. The third kappa shape index (κ3) is 3.74. The molecule has 8 nitrogen and oxygen atoms in total. The average molecular weight is 391 g/mol. The van der Waals surface area contributed by atoms with Crippen LogP contribution in [0.25, 0.3) is 11.0 Å². The van der Waals surface area contributed by atoms with Gasteiger partial charge >= 0.3 is 0 Å². The van der Waals surface area contributed by atoms with Crippen molar-refractivity contribution in [3.8, 4) is 0 Å². The molecule has 0 spiro atoms. The lowest BCUT2D eigenvalue weighted by atomic mass is 9.96. The summed E-state index contributed by atoms with van der Waals surface area (Å²) >= 11 is 0. The molecule has 29 heavy (non-hydrogen) atoms. The third-order valence-electron chi connectivity index (χ3n) is 5.79. The van der Waals surface area contributed by atoms with Crippen molar-refractivity contribution >= 4 is 34.5 Å². The Labute approximate surface area is 169 Å². The lowest BCUT2D eigenvalue weighted by Crippen LogP contribution is -2.41. The number of hydrogen-bond donors (Lipinski definition) is 2. The van der Waals surface area contributed by atoms with E-state index in [0.717, 1.165) is 61.6 Å². The lowest BCUT2D eigenvalue weighted by molar-refractivity contribution is -0.125. The molecule has 1 saturated carbocycles. The van der Waals surface area contributed by atoms with Gasteiger partial charge in [0.2, 0.25) is 11.9 Å². The Balaban J connectivity index is 1.21. The van der Waals surface area contributed by atoms with Crippen molar-refractivity contribution in [1.29, 1.82) is 0 Å². The number of anilines is 3. The minimum absolute atomic E-state index is 0.123. The van der Waals surface area contributed by atoms with E-state index in [1.54, 1.807) is 0 Å². The molecule has 5 rings (SSSR count). The molecule has 1 aliphatic heterocycles. The van der Waals surface area contributed by atoms with E-state index in [-0.39, 0.29) is 11.8 Å². The molecule has 1 amide bonds. The number of aromatic nitrogens is 4. The minimum atomic E-state index is 0.123. The zero-order chi connectivity index (χ0) is 19.8. The molecule has 2 aromatic heterocycles. The van der Waals surface area contributed by atoms with E-state index in [2.05, 4.69) is 30.7 Å². The highest BCUT2D eigenvalue weighted by Crippen LogP contribution is 2.25. The lowest BCUT2D eigenvalue weighted by Gasteiger charge is -2.31. The number of rotatable bonds is 5. The maximum atomic E-state index is 12.2. The Bertz CT molecular complexity index is 1020. The summed E-state index contributed by atoms with van der Waals surface area (Å²) in [7, 11) is 1.98. The molecule has 8 heteroatoms. The van der Waals surface area contributed by atoms with Gasteiger partial charge in [0.15, 0.2) is 11.6 Å². The molecule has 3 heterocycles. The number of hydrogen-bond acceptors (Lipinski definition) is 6. The molecule has 0 radical (unpaired) electrons. The van der Waals surface area contributed by atoms with Gasteiger partial charge in [-0.2, -0.15) is 0 Å². The van der Waals surface area contributed by atoms with Crippen LogP contribution in [0.3, 0.4) is 0 Å². The Hall–Kier alpha value is -3.16. The Morgan fingerprint density at radius 3 is 2.52 bits per heavy atom. The molecular formula is C21H25N7O. The van der Waals surface area contributed by atoms with Gasteiger partial charge in [-0.05, 0) is 49.9 Å². The second kappa shape index (κ2) is 7.35. The number of nitrogens with zero attached hydrogens (tertiary/aromatic N) is 5. The van der Waals surface area contributed by atoms with E-state index in [4.69, 9.17) is 0 Å². The molecule has 1 aliphatic carbocycles. The van der Waals surface area contributed by atoms with Crippen LogP contribution in [0.2, 0.25) is 0 Å². The molecule has 150 valence electrons. The maximum absolute atomic E-state index is 12.2. The van der Waals surface area contributed by atoms with Crippen molar-refractivity contribution < 1.29 is 4.79 Å².